The zero-order chi connectivity index (χ0) is 27.4. The molecule has 1 aromatic heterocycles. The first-order valence-electron chi connectivity index (χ1n) is 12.5. The fraction of sp³-hybridized carbons (Fsp3) is 0.429. The second kappa shape index (κ2) is 11.6. The molecule has 3 atom stereocenters. The Balaban J connectivity index is 1.49. The molecule has 0 aliphatic heterocycles. The third kappa shape index (κ3) is 6.23. The number of aromatic nitrogens is 1. The monoisotopic (exact) mass is 543 g/mol. The highest BCUT2D eigenvalue weighted by molar-refractivity contribution is 6.31. The molecule has 1 saturated carbocycles. The van der Waals surface area contributed by atoms with Crippen LogP contribution in [0.25, 0.3) is 10.9 Å². The smallest absolute Gasteiger partial charge is 0.255 e. The summed E-state index contributed by atoms with van der Waals surface area (Å²) in [4.78, 5) is 30.7. The standard InChI is InChI=1S/C28H34ClN3O6/c1-32(2)16-17-12-19(10-11-28(17,35)38-21-7-5-6-20(14-21)36-3)30-25(33)15-23-26(37-4)22-9-8-18(29)13-24(22)31-27(23)34/h5-9,13-14,17,19,35H,10-12,15-16H2,1-4H3,(H,30,33)(H,31,34). The van der Waals surface area contributed by atoms with Crippen molar-refractivity contribution in [1.29, 1.82) is 0 Å². The molecule has 204 valence electrons. The van der Waals surface area contributed by atoms with Gasteiger partial charge in [0.25, 0.3) is 5.56 Å². The van der Waals surface area contributed by atoms with Crippen molar-refractivity contribution in [1.82, 2.24) is 15.2 Å². The molecule has 1 amide bonds. The summed E-state index contributed by atoms with van der Waals surface area (Å²) in [7, 11) is 6.91. The van der Waals surface area contributed by atoms with Crippen LogP contribution in [-0.4, -0.2) is 67.6 Å². The van der Waals surface area contributed by atoms with Gasteiger partial charge in [0.1, 0.15) is 17.2 Å². The van der Waals surface area contributed by atoms with Crippen LogP contribution < -0.4 is 25.1 Å². The predicted octanol–water partition coefficient (Wildman–Crippen LogP) is 3.36. The number of carbonyl (C=O) groups is 1. The van der Waals surface area contributed by atoms with Gasteiger partial charge in [-0.1, -0.05) is 17.7 Å². The van der Waals surface area contributed by atoms with Crippen LogP contribution in [0.1, 0.15) is 24.8 Å². The van der Waals surface area contributed by atoms with Gasteiger partial charge in [0.15, 0.2) is 0 Å². The highest BCUT2D eigenvalue weighted by Crippen LogP contribution is 2.37. The van der Waals surface area contributed by atoms with Gasteiger partial charge in [-0.15, -0.1) is 0 Å². The minimum absolute atomic E-state index is 0.142. The van der Waals surface area contributed by atoms with Crippen LogP contribution >= 0.6 is 11.6 Å². The predicted molar refractivity (Wildman–Crippen MR) is 146 cm³/mol. The van der Waals surface area contributed by atoms with Gasteiger partial charge in [0, 0.05) is 41.4 Å². The molecule has 0 spiro atoms. The molecular weight excluding hydrogens is 510 g/mol. The van der Waals surface area contributed by atoms with Crippen LogP contribution in [0.4, 0.5) is 0 Å². The van der Waals surface area contributed by atoms with Crippen LogP contribution in [0.5, 0.6) is 17.2 Å². The van der Waals surface area contributed by atoms with Crippen molar-refractivity contribution < 1.29 is 24.1 Å². The third-order valence-electron chi connectivity index (χ3n) is 6.91. The van der Waals surface area contributed by atoms with E-state index in [1.807, 2.05) is 31.1 Å². The number of rotatable bonds is 9. The maximum Gasteiger partial charge on any atom is 0.255 e. The first kappa shape index (κ1) is 27.8. The minimum Gasteiger partial charge on any atom is -0.497 e. The van der Waals surface area contributed by atoms with E-state index in [9.17, 15) is 14.7 Å². The number of aromatic amines is 1. The van der Waals surface area contributed by atoms with Crippen molar-refractivity contribution in [2.75, 3.05) is 34.9 Å². The number of H-pyrrole nitrogens is 1. The number of amides is 1. The van der Waals surface area contributed by atoms with E-state index in [1.54, 1.807) is 37.4 Å². The Kier molecular flexibility index (Phi) is 8.50. The van der Waals surface area contributed by atoms with E-state index >= 15 is 0 Å². The van der Waals surface area contributed by atoms with E-state index in [0.29, 0.717) is 59.0 Å². The number of halogens is 1. The van der Waals surface area contributed by atoms with Gasteiger partial charge >= 0.3 is 0 Å². The van der Waals surface area contributed by atoms with Gasteiger partial charge in [-0.05, 0) is 57.3 Å². The quantitative estimate of drug-likeness (QED) is 0.355. The lowest BCUT2D eigenvalue weighted by Gasteiger charge is -2.43. The van der Waals surface area contributed by atoms with Crippen molar-refractivity contribution in [3.8, 4) is 17.2 Å². The Morgan fingerprint density at radius 2 is 1.95 bits per heavy atom. The normalized spacial score (nSPS) is 21.3. The number of carbonyl (C=O) groups excluding carboxylic acids is 1. The number of hydrogen-bond donors (Lipinski definition) is 3. The third-order valence-corrected chi connectivity index (χ3v) is 7.14. The zero-order valence-electron chi connectivity index (χ0n) is 22.0. The molecule has 38 heavy (non-hydrogen) atoms. The molecule has 0 saturated heterocycles. The van der Waals surface area contributed by atoms with Crippen LogP contribution in [0, 0.1) is 5.92 Å². The largest absolute Gasteiger partial charge is 0.497 e. The Labute approximate surface area is 226 Å². The Morgan fingerprint density at radius 1 is 1.18 bits per heavy atom. The molecule has 1 heterocycles. The highest BCUT2D eigenvalue weighted by atomic mass is 35.5. The Bertz CT molecular complexity index is 1360. The Hall–Kier alpha value is -3.27. The van der Waals surface area contributed by atoms with Crippen molar-refractivity contribution in [2.45, 2.75) is 37.5 Å². The number of ether oxygens (including phenoxy) is 3. The fourth-order valence-electron chi connectivity index (χ4n) is 5.14. The summed E-state index contributed by atoms with van der Waals surface area (Å²) in [5.74, 6) is -0.468. The van der Waals surface area contributed by atoms with E-state index in [4.69, 9.17) is 25.8 Å². The van der Waals surface area contributed by atoms with Gasteiger partial charge in [-0.25, -0.2) is 0 Å². The molecule has 1 aliphatic rings. The maximum atomic E-state index is 13.1. The number of hydrogen-bond acceptors (Lipinski definition) is 7. The summed E-state index contributed by atoms with van der Waals surface area (Å²) in [6.07, 6.45) is 1.21. The number of nitrogens with zero attached hydrogens (tertiary/aromatic N) is 1. The fourth-order valence-corrected chi connectivity index (χ4v) is 5.31. The lowest BCUT2D eigenvalue weighted by Crippen LogP contribution is -2.55. The number of methoxy groups -OCH3 is 2. The summed E-state index contributed by atoms with van der Waals surface area (Å²) in [6.45, 7) is 0.563. The van der Waals surface area contributed by atoms with Crippen molar-refractivity contribution in [2.24, 2.45) is 5.92 Å². The molecule has 4 rings (SSSR count). The van der Waals surface area contributed by atoms with Gasteiger partial charge in [0.2, 0.25) is 11.7 Å². The summed E-state index contributed by atoms with van der Waals surface area (Å²) >= 11 is 6.06. The van der Waals surface area contributed by atoms with E-state index < -0.39 is 11.3 Å². The number of nitrogens with one attached hydrogen (secondary N) is 2. The first-order valence-corrected chi connectivity index (χ1v) is 12.9. The average Bonchev–Trinajstić information content (AvgIpc) is 2.86. The van der Waals surface area contributed by atoms with Gasteiger partial charge < -0.3 is 34.5 Å². The van der Waals surface area contributed by atoms with Gasteiger partial charge in [-0.2, -0.15) is 0 Å². The van der Waals surface area contributed by atoms with Crippen LogP contribution in [0.3, 0.4) is 0 Å². The molecule has 3 aromatic rings. The molecule has 0 bridgehead atoms. The van der Waals surface area contributed by atoms with Gasteiger partial charge in [0.05, 0.1) is 31.7 Å². The number of aliphatic hydroxyl groups is 1. The van der Waals surface area contributed by atoms with Crippen LogP contribution in [0.2, 0.25) is 5.02 Å². The van der Waals surface area contributed by atoms with E-state index in [0.717, 1.165) is 0 Å². The maximum absolute atomic E-state index is 13.1. The second-order valence-corrected chi connectivity index (χ2v) is 10.4. The van der Waals surface area contributed by atoms with E-state index in [2.05, 4.69) is 10.3 Å². The van der Waals surface area contributed by atoms with Crippen LogP contribution in [0.15, 0.2) is 47.3 Å². The van der Waals surface area contributed by atoms with Crippen molar-refractivity contribution >= 4 is 28.4 Å². The zero-order valence-corrected chi connectivity index (χ0v) is 22.8. The summed E-state index contributed by atoms with van der Waals surface area (Å²) in [5, 5.41) is 15.7. The number of fused-ring (bicyclic) bond motifs is 1. The van der Waals surface area contributed by atoms with E-state index in [-0.39, 0.29) is 29.9 Å². The molecule has 1 fully saturated rings. The SMILES string of the molecule is COc1cccc(OC2(O)CCC(NC(=O)Cc3c(OC)c4ccc(Cl)cc4[nH]c3=O)CC2CN(C)C)c1. The summed E-state index contributed by atoms with van der Waals surface area (Å²) < 4.78 is 16.9. The highest BCUT2D eigenvalue weighted by Gasteiger charge is 2.45. The van der Waals surface area contributed by atoms with E-state index in [1.165, 1.54) is 7.11 Å². The lowest BCUT2D eigenvalue weighted by molar-refractivity contribution is -0.202. The molecule has 3 unspecified atom stereocenters. The minimum atomic E-state index is -1.40. The van der Waals surface area contributed by atoms with Crippen LogP contribution in [-0.2, 0) is 11.2 Å². The molecule has 3 N–H and O–H groups in total. The number of benzene rings is 2. The molecule has 0 radical (unpaired) electrons. The van der Waals surface area contributed by atoms with Crippen molar-refractivity contribution in [3.63, 3.8) is 0 Å². The van der Waals surface area contributed by atoms with Crippen molar-refractivity contribution in [3.05, 3.63) is 63.4 Å². The first-order chi connectivity index (χ1) is 18.1. The molecular formula is C28H34ClN3O6. The molecule has 9 nitrogen and oxygen atoms in total. The molecule has 1 aliphatic carbocycles. The lowest BCUT2D eigenvalue weighted by atomic mass is 9.79. The number of pyridine rings is 1. The molecule has 2 aromatic carbocycles. The summed E-state index contributed by atoms with van der Waals surface area (Å²) in [6, 6.07) is 12.1. The topological polar surface area (TPSA) is 113 Å². The average molecular weight is 544 g/mol. The second-order valence-electron chi connectivity index (χ2n) is 9.96. The van der Waals surface area contributed by atoms with Gasteiger partial charge in [-0.3, -0.25) is 9.59 Å². The Morgan fingerprint density at radius 3 is 2.66 bits per heavy atom. The summed E-state index contributed by atoms with van der Waals surface area (Å²) in [5.41, 5.74) is 0.387. The molecule has 10 heteroatoms.